The predicted molar refractivity (Wildman–Crippen MR) is 138 cm³/mol. The van der Waals surface area contributed by atoms with Crippen LogP contribution in [-0.2, 0) is 57.2 Å². The number of alkyl halides is 1. The van der Waals surface area contributed by atoms with Gasteiger partial charge in [0, 0.05) is 32.6 Å². The van der Waals surface area contributed by atoms with Crippen LogP contribution >= 0.6 is 11.6 Å². The van der Waals surface area contributed by atoms with E-state index in [0.717, 1.165) is 13.8 Å². The zero-order valence-corrected chi connectivity index (χ0v) is 24.4. The number of ketones is 1. The first kappa shape index (κ1) is 30.7. The van der Waals surface area contributed by atoms with E-state index in [9.17, 15) is 28.8 Å². The molecule has 0 amide bonds. The second kappa shape index (κ2) is 10.5. The van der Waals surface area contributed by atoms with Gasteiger partial charge >= 0.3 is 29.8 Å². The van der Waals surface area contributed by atoms with Crippen molar-refractivity contribution in [1.29, 1.82) is 0 Å². The molecule has 1 aliphatic carbocycles. The number of hydrogen-bond donors (Lipinski definition) is 0. The van der Waals surface area contributed by atoms with Crippen molar-refractivity contribution in [2.45, 2.75) is 89.0 Å². The van der Waals surface area contributed by atoms with E-state index in [2.05, 4.69) is 6.58 Å². The van der Waals surface area contributed by atoms with Crippen LogP contribution in [0, 0.1) is 17.3 Å². The topological polar surface area (TPSA) is 158 Å². The summed E-state index contributed by atoms with van der Waals surface area (Å²) >= 11 is 6.84. The lowest BCUT2D eigenvalue weighted by atomic mass is 9.52. The van der Waals surface area contributed by atoms with Gasteiger partial charge in [-0.2, -0.15) is 0 Å². The van der Waals surface area contributed by atoms with Crippen molar-refractivity contribution in [1.82, 2.24) is 0 Å². The van der Waals surface area contributed by atoms with Gasteiger partial charge in [0.15, 0.2) is 29.7 Å². The van der Waals surface area contributed by atoms with Crippen LogP contribution in [0.3, 0.4) is 0 Å². The van der Waals surface area contributed by atoms with Crippen molar-refractivity contribution < 1.29 is 57.2 Å². The predicted octanol–water partition coefficient (Wildman–Crippen LogP) is 1.74. The summed E-state index contributed by atoms with van der Waals surface area (Å²) in [6, 6.07) is 0. The van der Waals surface area contributed by atoms with Crippen molar-refractivity contribution in [3.63, 3.8) is 0 Å². The number of halogens is 1. The van der Waals surface area contributed by atoms with Crippen LogP contribution in [0.5, 0.6) is 0 Å². The lowest BCUT2D eigenvalue weighted by Gasteiger charge is -2.63. The van der Waals surface area contributed by atoms with Crippen LogP contribution in [0.15, 0.2) is 24.3 Å². The molecule has 13 heteroatoms. The highest BCUT2D eigenvalue weighted by molar-refractivity contribution is 6.23. The third-order valence-corrected chi connectivity index (χ3v) is 9.08. The molecule has 3 saturated heterocycles. The molecule has 0 aromatic heterocycles. The normalized spacial score (nSPS) is 41.1. The van der Waals surface area contributed by atoms with E-state index in [1.165, 1.54) is 32.9 Å². The molecule has 4 aliphatic rings. The Balaban J connectivity index is 2.03. The van der Waals surface area contributed by atoms with Crippen LogP contribution in [0.2, 0.25) is 0 Å². The molecule has 3 heterocycles. The molecule has 224 valence electrons. The van der Waals surface area contributed by atoms with Crippen LogP contribution in [0.4, 0.5) is 0 Å². The molecule has 0 saturated carbocycles. The standard InChI is InChI=1S/C28H33ClO12/c1-12-10-17(37-15(4)31)22-26(6)9-8-18(33)27(7,40-16(5)32)21(26)24(38-19(34)11-36-14(3)30)28(41-22)13(2)25(35)39-23(28)20(12)29/h8-9,13,17,20-24H,1,10-11H2,2-7H3/t13-,17+,20-,21+,22?,23-,24+,26-,27+,28-/m0/s1. The van der Waals surface area contributed by atoms with Crippen LogP contribution in [0.25, 0.3) is 0 Å². The average molecular weight is 597 g/mol. The fourth-order valence-corrected chi connectivity index (χ4v) is 7.18. The highest BCUT2D eigenvalue weighted by atomic mass is 35.5. The van der Waals surface area contributed by atoms with E-state index in [1.807, 2.05) is 0 Å². The fourth-order valence-electron chi connectivity index (χ4n) is 6.84. The summed E-state index contributed by atoms with van der Waals surface area (Å²) in [4.78, 5) is 76.0. The largest absolute Gasteiger partial charge is 0.459 e. The zero-order valence-electron chi connectivity index (χ0n) is 23.6. The molecule has 10 atom stereocenters. The molecule has 2 bridgehead atoms. The first-order valence-corrected chi connectivity index (χ1v) is 13.6. The quantitative estimate of drug-likeness (QED) is 0.196. The molecule has 0 aromatic carbocycles. The molecule has 3 fully saturated rings. The van der Waals surface area contributed by atoms with Crippen LogP contribution < -0.4 is 0 Å². The number of fused-ring (bicyclic) bond motifs is 3. The van der Waals surface area contributed by atoms with Gasteiger partial charge in [0.2, 0.25) is 0 Å². The van der Waals surface area contributed by atoms with Gasteiger partial charge in [-0.15, -0.1) is 11.6 Å². The SMILES string of the molecule is C=C1C[C@@H](OC(C)=O)C2O[C@@]3([C@H](OC(=O)COC(C)=O)[C@H]4[C@](C)(OC(C)=O)C(=O)C=C[C@]24C)[C@@H](C)C(=O)O[C@H]3[C@H]1Cl. The third kappa shape index (κ3) is 4.84. The van der Waals surface area contributed by atoms with Gasteiger partial charge in [0.25, 0.3) is 0 Å². The Labute approximate surface area is 241 Å². The Morgan fingerprint density at radius 3 is 2.29 bits per heavy atom. The van der Waals surface area contributed by atoms with Gasteiger partial charge < -0.3 is 28.4 Å². The second-order valence-corrected chi connectivity index (χ2v) is 11.8. The number of ether oxygens (including phenoxy) is 6. The van der Waals surface area contributed by atoms with Gasteiger partial charge in [-0.1, -0.05) is 25.2 Å². The van der Waals surface area contributed by atoms with Crippen molar-refractivity contribution in [3.05, 3.63) is 24.3 Å². The minimum absolute atomic E-state index is 0.0161. The molecule has 1 unspecified atom stereocenters. The third-order valence-electron chi connectivity index (χ3n) is 8.54. The maximum absolute atomic E-state index is 13.5. The molecule has 0 aromatic rings. The molecule has 1 spiro atoms. The number of hydrogen-bond acceptors (Lipinski definition) is 12. The molecule has 0 N–H and O–H groups in total. The smallest absolute Gasteiger partial charge is 0.344 e. The summed E-state index contributed by atoms with van der Waals surface area (Å²) in [6.45, 7) is 11.3. The summed E-state index contributed by atoms with van der Waals surface area (Å²) in [7, 11) is 0. The Morgan fingerprint density at radius 1 is 1.05 bits per heavy atom. The molecule has 0 radical (unpaired) electrons. The Morgan fingerprint density at radius 2 is 1.71 bits per heavy atom. The highest BCUT2D eigenvalue weighted by Crippen LogP contribution is 2.62. The Kier molecular flexibility index (Phi) is 7.89. The molecule has 12 nitrogen and oxygen atoms in total. The summed E-state index contributed by atoms with van der Waals surface area (Å²) in [5.74, 6) is -6.90. The van der Waals surface area contributed by atoms with E-state index < -0.39 is 100 Å². The summed E-state index contributed by atoms with van der Waals surface area (Å²) in [5, 5.41) is -1.10. The van der Waals surface area contributed by atoms with E-state index in [4.69, 9.17) is 40.0 Å². The maximum atomic E-state index is 13.5. The van der Waals surface area contributed by atoms with E-state index in [1.54, 1.807) is 6.92 Å². The molecule has 3 aliphatic heterocycles. The van der Waals surface area contributed by atoms with Crippen LogP contribution in [0.1, 0.15) is 48.0 Å². The van der Waals surface area contributed by atoms with Crippen molar-refractivity contribution in [3.8, 4) is 0 Å². The Bertz CT molecular complexity index is 1240. The van der Waals surface area contributed by atoms with Crippen LogP contribution in [-0.4, -0.2) is 83.2 Å². The lowest BCUT2D eigenvalue weighted by molar-refractivity contribution is -0.320. The molecule has 4 rings (SSSR count). The van der Waals surface area contributed by atoms with Crippen molar-refractivity contribution in [2.75, 3.05) is 6.61 Å². The van der Waals surface area contributed by atoms with Gasteiger partial charge in [-0.3, -0.25) is 24.0 Å². The zero-order chi connectivity index (χ0) is 30.7. The first-order chi connectivity index (χ1) is 19.0. The van der Waals surface area contributed by atoms with E-state index in [0.29, 0.717) is 5.57 Å². The number of carbonyl (C=O) groups is 6. The summed E-state index contributed by atoms with van der Waals surface area (Å²) in [6.07, 6.45) is -2.13. The minimum Gasteiger partial charge on any atom is -0.459 e. The number of rotatable bonds is 5. The maximum Gasteiger partial charge on any atom is 0.344 e. The van der Waals surface area contributed by atoms with Crippen molar-refractivity contribution in [2.24, 2.45) is 17.3 Å². The van der Waals surface area contributed by atoms with Gasteiger partial charge in [-0.05, 0) is 19.9 Å². The summed E-state index contributed by atoms with van der Waals surface area (Å²) in [5.41, 5.74) is -4.77. The fraction of sp³-hybridized carbons (Fsp3) is 0.643. The van der Waals surface area contributed by atoms with E-state index >= 15 is 0 Å². The molecular formula is C28H33ClO12. The molecular weight excluding hydrogens is 564 g/mol. The van der Waals surface area contributed by atoms with E-state index in [-0.39, 0.29) is 6.42 Å². The average Bonchev–Trinajstić information content (AvgIpc) is 3.10. The van der Waals surface area contributed by atoms with Gasteiger partial charge in [0.05, 0.1) is 17.2 Å². The summed E-state index contributed by atoms with van der Waals surface area (Å²) < 4.78 is 34.7. The molecule has 41 heavy (non-hydrogen) atoms. The second-order valence-electron chi connectivity index (χ2n) is 11.3. The monoisotopic (exact) mass is 596 g/mol. The van der Waals surface area contributed by atoms with Crippen molar-refractivity contribution >= 4 is 47.2 Å². The number of carbonyl (C=O) groups excluding carboxylic acids is 6. The van der Waals surface area contributed by atoms with Gasteiger partial charge in [-0.25, -0.2) is 4.79 Å². The lowest BCUT2D eigenvalue weighted by Crippen LogP contribution is -2.77. The van der Waals surface area contributed by atoms with Gasteiger partial charge in [0.1, 0.15) is 18.3 Å². The first-order valence-electron chi connectivity index (χ1n) is 13.1. The number of esters is 5. The minimum atomic E-state index is -1.95. The highest BCUT2D eigenvalue weighted by Gasteiger charge is 2.77. The Hall–Kier alpha value is -3.25.